The summed E-state index contributed by atoms with van der Waals surface area (Å²) in [6.45, 7) is 24.5. The molecule has 4 saturated carbocycles. The molecule has 0 unspecified atom stereocenters. The van der Waals surface area contributed by atoms with Gasteiger partial charge in [0, 0.05) is 12.0 Å². The van der Waals surface area contributed by atoms with E-state index in [0.29, 0.717) is 180 Å². The second kappa shape index (κ2) is 32.2. The van der Waals surface area contributed by atoms with Crippen molar-refractivity contribution in [1.82, 2.24) is 0 Å². The monoisotopic (exact) mass is 889 g/mol. The fourth-order valence-electron chi connectivity index (χ4n) is 11.9. The first-order chi connectivity index (χ1) is 30.4. The zero-order valence-corrected chi connectivity index (χ0v) is 40.0. The fourth-order valence-corrected chi connectivity index (χ4v) is 11.9. The van der Waals surface area contributed by atoms with E-state index in [4.69, 9.17) is 61.9 Å². The van der Waals surface area contributed by atoms with Gasteiger partial charge in [0.1, 0.15) is 0 Å². The molecule has 0 saturated heterocycles. The van der Waals surface area contributed by atoms with E-state index in [1.807, 2.05) is 0 Å². The van der Waals surface area contributed by atoms with Crippen molar-refractivity contribution in [3.05, 3.63) is 0 Å². The Labute approximate surface area is 376 Å². The lowest BCUT2D eigenvalue weighted by molar-refractivity contribution is -0.224. The van der Waals surface area contributed by atoms with Gasteiger partial charge in [0.15, 0.2) is 0 Å². The van der Waals surface area contributed by atoms with E-state index in [1.165, 1.54) is 57.8 Å². The summed E-state index contributed by atoms with van der Waals surface area (Å²) in [7, 11) is 0. The molecule has 0 spiro atoms. The highest BCUT2D eigenvalue weighted by atomic mass is 16.6. The lowest BCUT2D eigenvalue weighted by Crippen LogP contribution is -2.62. The molecule has 13 heteroatoms. The summed E-state index contributed by atoms with van der Waals surface area (Å²) < 4.78 is 70.4. The van der Waals surface area contributed by atoms with Crippen molar-refractivity contribution in [2.45, 2.75) is 117 Å². The maximum Gasteiger partial charge on any atom is 0.0704 e. The van der Waals surface area contributed by atoms with Crippen LogP contribution in [0.25, 0.3) is 0 Å². The highest BCUT2D eigenvalue weighted by Crippen LogP contribution is 2.69. The molecule has 4 fully saturated rings. The van der Waals surface area contributed by atoms with E-state index in [9.17, 15) is 0 Å². The van der Waals surface area contributed by atoms with E-state index in [2.05, 4.69) is 34.6 Å². The summed E-state index contributed by atoms with van der Waals surface area (Å²) in [5.74, 6) is 3.79. The minimum atomic E-state index is 0.0304. The van der Waals surface area contributed by atoms with Gasteiger partial charge in [0.05, 0.1) is 158 Å². The molecular formula is C49H92O13. The summed E-state index contributed by atoms with van der Waals surface area (Å²) in [6, 6.07) is 0. The number of hydrogen-bond acceptors (Lipinski definition) is 13. The van der Waals surface area contributed by atoms with E-state index < -0.39 is 0 Å². The molecule has 4 rings (SSSR count). The minimum Gasteiger partial charge on any atom is -0.394 e. The largest absolute Gasteiger partial charge is 0.394 e. The van der Waals surface area contributed by atoms with Crippen LogP contribution in [0.5, 0.6) is 0 Å². The zero-order valence-electron chi connectivity index (χ0n) is 40.0. The summed E-state index contributed by atoms with van der Waals surface area (Å²) in [6.07, 6.45) is 14.2. The van der Waals surface area contributed by atoms with Gasteiger partial charge in [0.2, 0.25) is 0 Å². The van der Waals surface area contributed by atoms with Gasteiger partial charge in [-0.05, 0) is 85.9 Å². The Morgan fingerprint density at radius 2 is 0.968 bits per heavy atom. The molecule has 13 nitrogen and oxygen atoms in total. The standard InChI is InChI=1S/C49H92O13/c1-6-10-40(3)42-12-13-43-47-44(39-46(49(42,43)5)62-37-35-60-33-31-58-29-27-56-25-23-54-21-19-52-17-15-50)48(4)14-9-8-11-41(48)38-45(47)61-36-34-59-32-30-57-28-26-55-24-22-53-20-18-51-16-7-2/h40-47,50H,6-39H2,1-5H3/t40-,41+,42-,43+,44+,45-,46+,47+,48+,49-/m1/s1. The van der Waals surface area contributed by atoms with Crippen LogP contribution < -0.4 is 0 Å². The summed E-state index contributed by atoms with van der Waals surface area (Å²) in [5, 5.41) is 8.73. The van der Waals surface area contributed by atoms with Crippen LogP contribution in [0.3, 0.4) is 0 Å². The molecule has 0 aromatic heterocycles. The van der Waals surface area contributed by atoms with Gasteiger partial charge >= 0.3 is 0 Å². The molecule has 0 heterocycles. The summed E-state index contributed by atoms with van der Waals surface area (Å²) >= 11 is 0. The molecule has 0 aliphatic heterocycles. The Bertz CT molecular complexity index is 1090. The van der Waals surface area contributed by atoms with Crippen LogP contribution >= 0.6 is 0 Å². The van der Waals surface area contributed by atoms with Gasteiger partial charge in [0.25, 0.3) is 0 Å². The number of aliphatic hydroxyl groups excluding tert-OH is 1. The van der Waals surface area contributed by atoms with E-state index in [0.717, 1.165) is 19.4 Å². The Balaban J connectivity index is 1.19. The molecule has 4 aliphatic rings. The van der Waals surface area contributed by atoms with Crippen molar-refractivity contribution in [1.29, 1.82) is 0 Å². The molecule has 62 heavy (non-hydrogen) atoms. The highest BCUT2D eigenvalue weighted by molar-refractivity contribution is 5.14. The van der Waals surface area contributed by atoms with Crippen LogP contribution in [-0.2, 0) is 56.8 Å². The molecule has 0 aromatic carbocycles. The maximum absolute atomic E-state index is 8.73. The number of ether oxygens (including phenoxy) is 12. The predicted molar refractivity (Wildman–Crippen MR) is 240 cm³/mol. The molecule has 0 bridgehead atoms. The first-order valence-electron chi connectivity index (χ1n) is 25.0. The van der Waals surface area contributed by atoms with Crippen LogP contribution in [0.15, 0.2) is 0 Å². The van der Waals surface area contributed by atoms with Gasteiger partial charge in [-0.3, -0.25) is 0 Å². The van der Waals surface area contributed by atoms with Crippen LogP contribution in [0.2, 0.25) is 0 Å². The van der Waals surface area contributed by atoms with Crippen LogP contribution in [0.4, 0.5) is 0 Å². The number of hydrogen-bond donors (Lipinski definition) is 1. The minimum absolute atomic E-state index is 0.0304. The Hall–Kier alpha value is -0.520. The average molecular weight is 889 g/mol. The van der Waals surface area contributed by atoms with Crippen molar-refractivity contribution < 1.29 is 61.9 Å². The lowest BCUT2D eigenvalue weighted by Gasteiger charge is -2.64. The SMILES string of the molecule is CCCOCCOCCOCCOCCOCCO[C@@H]1C[C@@H]2CCCC[C@]2(C)[C@H]2C[C@H](OCCOCCOCCOCCOCCOCCO)[C@]3(C)[C@@H]([C@H](C)CCC)CC[C@H]3[C@H]12. The molecule has 0 aromatic rings. The zero-order chi connectivity index (χ0) is 44.1. The third kappa shape index (κ3) is 17.6. The molecular weight excluding hydrogens is 797 g/mol. The first kappa shape index (κ1) is 54.1. The van der Waals surface area contributed by atoms with Crippen molar-refractivity contribution >= 4 is 0 Å². The van der Waals surface area contributed by atoms with Crippen LogP contribution in [0, 0.1) is 46.3 Å². The number of aliphatic hydroxyl groups is 1. The normalized spacial score (nSPS) is 30.0. The third-order valence-corrected chi connectivity index (χ3v) is 14.8. The molecule has 366 valence electrons. The van der Waals surface area contributed by atoms with E-state index >= 15 is 0 Å². The van der Waals surface area contributed by atoms with Gasteiger partial charge in [-0.25, -0.2) is 0 Å². The Morgan fingerprint density at radius 1 is 0.500 bits per heavy atom. The summed E-state index contributed by atoms with van der Waals surface area (Å²) in [4.78, 5) is 0. The van der Waals surface area contributed by atoms with E-state index in [1.54, 1.807) is 0 Å². The Morgan fingerprint density at radius 3 is 1.45 bits per heavy atom. The second-order valence-electron chi connectivity index (χ2n) is 18.6. The fraction of sp³-hybridized carbons (Fsp3) is 1.00. The first-order valence-corrected chi connectivity index (χ1v) is 25.0. The number of rotatable bonds is 39. The molecule has 1 N–H and O–H groups in total. The van der Waals surface area contributed by atoms with Crippen LogP contribution in [-0.4, -0.2) is 169 Å². The van der Waals surface area contributed by atoms with Crippen molar-refractivity contribution in [2.75, 3.05) is 152 Å². The Kier molecular flexibility index (Phi) is 28.1. The van der Waals surface area contributed by atoms with Gasteiger partial charge in [-0.1, -0.05) is 60.3 Å². The van der Waals surface area contributed by atoms with Gasteiger partial charge in [-0.15, -0.1) is 0 Å². The lowest BCUT2D eigenvalue weighted by atomic mass is 9.43. The van der Waals surface area contributed by atoms with Crippen molar-refractivity contribution in [2.24, 2.45) is 46.3 Å². The molecule has 0 amide bonds. The highest BCUT2D eigenvalue weighted by Gasteiger charge is 2.66. The topological polar surface area (TPSA) is 131 Å². The van der Waals surface area contributed by atoms with Crippen molar-refractivity contribution in [3.8, 4) is 0 Å². The molecule has 4 aliphatic carbocycles. The smallest absolute Gasteiger partial charge is 0.0704 e. The van der Waals surface area contributed by atoms with Gasteiger partial charge < -0.3 is 61.9 Å². The van der Waals surface area contributed by atoms with Gasteiger partial charge in [-0.2, -0.15) is 0 Å². The quantitative estimate of drug-likeness (QED) is 0.0635. The summed E-state index contributed by atoms with van der Waals surface area (Å²) in [5.41, 5.74) is 0.456. The van der Waals surface area contributed by atoms with E-state index in [-0.39, 0.29) is 24.2 Å². The van der Waals surface area contributed by atoms with Crippen molar-refractivity contribution in [3.63, 3.8) is 0 Å². The van der Waals surface area contributed by atoms with Crippen LogP contribution in [0.1, 0.15) is 105 Å². The second-order valence-corrected chi connectivity index (χ2v) is 18.6. The molecule has 10 atom stereocenters. The maximum atomic E-state index is 8.73. The predicted octanol–water partition coefficient (Wildman–Crippen LogP) is 7.03. The average Bonchev–Trinajstić information content (AvgIpc) is 3.64. The molecule has 0 radical (unpaired) electrons. The third-order valence-electron chi connectivity index (χ3n) is 14.8. The number of fused-ring (bicyclic) bond motifs is 5.